The summed E-state index contributed by atoms with van der Waals surface area (Å²) < 4.78 is 0. The number of aromatic nitrogens is 1. The second kappa shape index (κ2) is 6.26. The van der Waals surface area contributed by atoms with Crippen LogP contribution >= 0.6 is 11.6 Å². The first-order chi connectivity index (χ1) is 7.29. The van der Waals surface area contributed by atoms with Gasteiger partial charge in [-0.05, 0) is 12.5 Å². The highest BCUT2D eigenvalue weighted by Crippen LogP contribution is 2.22. The van der Waals surface area contributed by atoms with Crippen LogP contribution in [-0.2, 0) is 0 Å². The fraction of sp³-hybridized carbons (Fsp3) is 0.455. The highest BCUT2D eigenvalue weighted by atomic mass is 35.5. The predicted molar refractivity (Wildman–Crippen MR) is 62.0 cm³/mol. The highest BCUT2D eigenvalue weighted by Gasteiger charge is 2.05. The van der Waals surface area contributed by atoms with E-state index in [4.69, 9.17) is 16.9 Å². The van der Waals surface area contributed by atoms with Gasteiger partial charge in [-0.1, -0.05) is 31.4 Å². The first-order valence-corrected chi connectivity index (χ1v) is 5.46. The molecule has 1 N–H and O–H groups in total. The van der Waals surface area contributed by atoms with E-state index in [1.807, 2.05) is 6.07 Å². The van der Waals surface area contributed by atoms with Gasteiger partial charge in [-0.25, -0.2) is 4.98 Å². The molecule has 1 rings (SSSR count). The molecule has 0 aliphatic heterocycles. The second-order valence-electron chi connectivity index (χ2n) is 3.27. The van der Waals surface area contributed by atoms with Crippen molar-refractivity contribution in [2.45, 2.75) is 26.2 Å². The van der Waals surface area contributed by atoms with Crippen molar-refractivity contribution in [3.05, 3.63) is 22.8 Å². The van der Waals surface area contributed by atoms with Crippen LogP contribution in [0.2, 0.25) is 5.02 Å². The molecule has 0 saturated heterocycles. The molecule has 1 heterocycles. The maximum atomic E-state index is 8.76. The van der Waals surface area contributed by atoms with Crippen LogP contribution in [0.15, 0.2) is 12.3 Å². The van der Waals surface area contributed by atoms with Gasteiger partial charge < -0.3 is 5.32 Å². The highest BCUT2D eigenvalue weighted by molar-refractivity contribution is 6.34. The van der Waals surface area contributed by atoms with E-state index in [1.165, 1.54) is 12.8 Å². The summed E-state index contributed by atoms with van der Waals surface area (Å²) >= 11 is 5.97. The van der Waals surface area contributed by atoms with Gasteiger partial charge in [-0.2, -0.15) is 5.26 Å². The number of anilines is 1. The van der Waals surface area contributed by atoms with Crippen LogP contribution < -0.4 is 5.32 Å². The minimum atomic E-state index is 0.413. The van der Waals surface area contributed by atoms with Crippen LogP contribution in [0.3, 0.4) is 0 Å². The number of rotatable bonds is 5. The summed E-state index contributed by atoms with van der Waals surface area (Å²) in [6.45, 7) is 3.00. The van der Waals surface area contributed by atoms with Gasteiger partial charge in [-0.15, -0.1) is 0 Å². The van der Waals surface area contributed by atoms with Crippen LogP contribution in [-0.4, -0.2) is 11.5 Å². The number of hydrogen-bond acceptors (Lipinski definition) is 3. The maximum absolute atomic E-state index is 8.76. The first-order valence-electron chi connectivity index (χ1n) is 5.08. The normalized spacial score (nSPS) is 9.67. The lowest BCUT2D eigenvalue weighted by molar-refractivity contribution is 0.742. The van der Waals surface area contributed by atoms with E-state index in [9.17, 15) is 0 Å². The number of nitrogens with zero attached hydrogens (tertiary/aromatic N) is 2. The van der Waals surface area contributed by atoms with Crippen LogP contribution in [0.4, 0.5) is 5.82 Å². The monoisotopic (exact) mass is 223 g/mol. The molecule has 0 amide bonds. The molecule has 0 spiro atoms. The topological polar surface area (TPSA) is 48.7 Å². The van der Waals surface area contributed by atoms with Gasteiger partial charge in [0.2, 0.25) is 0 Å². The third-order valence-electron chi connectivity index (χ3n) is 2.08. The summed E-state index contributed by atoms with van der Waals surface area (Å²) in [5.74, 6) is 0.604. The summed E-state index contributed by atoms with van der Waals surface area (Å²) in [5, 5.41) is 12.3. The second-order valence-corrected chi connectivity index (χ2v) is 3.64. The molecule has 0 fully saturated rings. The predicted octanol–water partition coefficient (Wildman–Crippen LogP) is 3.21. The molecule has 0 unspecified atom stereocenters. The average Bonchev–Trinajstić information content (AvgIpc) is 2.26. The minimum absolute atomic E-state index is 0.413. The SMILES string of the molecule is CCCCCNc1nccc(C#N)c1Cl. The fourth-order valence-electron chi connectivity index (χ4n) is 1.24. The van der Waals surface area contributed by atoms with Crippen molar-refractivity contribution in [2.75, 3.05) is 11.9 Å². The van der Waals surface area contributed by atoms with Gasteiger partial charge in [0.05, 0.1) is 5.56 Å². The first kappa shape index (κ1) is 11.8. The summed E-state index contributed by atoms with van der Waals surface area (Å²) in [6.07, 6.45) is 5.04. The Labute approximate surface area is 95.1 Å². The van der Waals surface area contributed by atoms with Gasteiger partial charge in [0, 0.05) is 12.7 Å². The molecule has 80 valence electrons. The van der Waals surface area contributed by atoms with Crippen LogP contribution in [0.5, 0.6) is 0 Å². The number of nitriles is 1. The van der Waals surface area contributed by atoms with Crippen LogP contribution in [0.25, 0.3) is 0 Å². The standard InChI is InChI=1S/C11H14ClN3/c1-2-3-4-6-14-11-10(12)9(8-13)5-7-15-11/h5,7H,2-4,6H2,1H3,(H,14,15). The Hall–Kier alpha value is -1.27. The van der Waals surface area contributed by atoms with E-state index in [0.717, 1.165) is 13.0 Å². The number of nitrogens with one attached hydrogen (secondary N) is 1. The molecule has 1 aromatic rings. The molecule has 0 aliphatic rings. The van der Waals surface area contributed by atoms with Crippen molar-refractivity contribution in [2.24, 2.45) is 0 Å². The average molecular weight is 224 g/mol. The third kappa shape index (κ3) is 3.41. The Balaban J connectivity index is 2.58. The number of halogens is 1. The Morgan fingerprint density at radius 2 is 2.33 bits per heavy atom. The van der Waals surface area contributed by atoms with Crippen LogP contribution in [0.1, 0.15) is 31.7 Å². The van der Waals surface area contributed by atoms with E-state index in [0.29, 0.717) is 16.4 Å². The molecular formula is C11H14ClN3. The number of hydrogen-bond donors (Lipinski definition) is 1. The lowest BCUT2D eigenvalue weighted by Crippen LogP contribution is -2.04. The van der Waals surface area contributed by atoms with Crippen molar-refractivity contribution in [1.82, 2.24) is 4.98 Å². The lowest BCUT2D eigenvalue weighted by atomic mass is 10.2. The van der Waals surface area contributed by atoms with Gasteiger partial charge in [-0.3, -0.25) is 0 Å². The van der Waals surface area contributed by atoms with Gasteiger partial charge in [0.1, 0.15) is 16.9 Å². The summed E-state index contributed by atoms with van der Waals surface area (Å²) in [7, 11) is 0. The molecule has 0 aromatic carbocycles. The van der Waals surface area contributed by atoms with E-state index in [2.05, 4.69) is 17.2 Å². The smallest absolute Gasteiger partial charge is 0.146 e. The number of unbranched alkanes of at least 4 members (excludes halogenated alkanes) is 2. The van der Waals surface area contributed by atoms with Gasteiger partial charge in [0.25, 0.3) is 0 Å². The fourth-order valence-corrected chi connectivity index (χ4v) is 1.46. The lowest BCUT2D eigenvalue weighted by Gasteiger charge is -2.07. The molecule has 0 atom stereocenters. The number of pyridine rings is 1. The summed E-state index contributed by atoms with van der Waals surface area (Å²) in [4.78, 5) is 4.09. The van der Waals surface area contributed by atoms with Crippen LogP contribution in [0, 0.1) is 11.3 Å². The molecule has 0 aliphatic carbocycles. The van der Waals surface area contributed by atoms with E-state index in [1.54, 1.807) is 12.3 Å². The van der Waals surface area contributed by atoms with Crippen molar-refractivity contribution in [3.63, 3.8) is 0 Å². The van der Waals surface area contributed by atoms with Crippen molar-refractivity contribution >= 4 is 17.4 Å². The Morgan fingerprint density at radius 1 is 1.53 bits per heavy atom. The summed E-state index contributed by atoms with van der Waals surface area (Å²) in [5.41, 5.74) is 0.463. The molecule has 0 radical (unpaired) electrons. The van der Waals surface area contributed by atoms with E-state index in [-0.39, 0.29) is 0 Å². The van der Waals surface area contributed by atoms with Crippen molar-refractivity contribution < 1.29 is 0 Å². The van der Waals surface area contributed by atoms with Crippen molar-refractivity contribution in [1.29, 1.82) is 5.26 Å². The Kier molecular flexibility index (Phi) is 4.92. The minimum Gasteiger partial charge on any atom is -0.369 e. The summed E-state index contributed by atoms with van der Waals surface area (Å²) in [6, 6.07) is 3.64. The third-order valence-corrected chi connectivity index (χ3v) is 2.47. The Bertz CT molecular complexity index is 357. The molecule has 15 heavy (non-hydrogen) atoms. The van der Waals surface area contributed by atoms with E-state index < -0.39 is 0 Å². The Morgan fingerprint density at radius 3 is 3.00 bits per heavy atom. The zero-order valence-corrected chi connectivity index (χ0v) is 9.51. The molecular weight excluding hydrogens is 210 g/mol. The molecule has 1 aromatic heterocycles. The largest absolute Gasteiger partial charge is 0.369 e. The molecule has 3 nitrogen and oxygen atoms in total. The molecule has 0 saturated carbocycles. The molecule has 4 heteroatoms. The maximum Gasteiger partial charge on any atom is 0.146 e. The van der Waals surface area contributed by atoms with Gasteiger partial charge in [0.15, 0.2) is 0 Å². The van der Waals surface area contributed by atoms with E-state index >= 15 is 0 Å². The quantitative estimate of drug-likeness (QED) is 0.780. The zero-order chi connectivity index (χ0) is 11.1. The van der Waals surface area contributed by atoms with Gasteiger partial charge >= 0.3 is 0 Å². The zero-order valence-electron chi connectivity index (χ0n) is 8.76. The van der Waals surface area contributed by atoms with Crippen molar-refractivity contribution in [3.8, 4) is 6.07 Å². The molecule has 0 bridgehead atoms.